The normalized spacial score (nSPS) is 26.1. The van der Waals surface area contributed by atoms with Gasteiger partial charge in [-0.25, -0.2) is 0 Å². The highest BCUT2D eigenvalue weighted by Gasteiger charge is 2.30. The molecule has 2 rings (SSSR count). The van der Waals surface area contributed by atoms with Crippen LogP contribution in [0.1, 0.15) is 26.2 Å². The lowest BCUT2D eigenvalue weighted by atomic mass is 9.91. The molecule has 15 heavy (non-hydrogen) atoms. The quantitative estimate of drug-likeness (QED) is 0.668. The fourth-order valence-electron chi connectivity index (χ4n) is 2.31. The molecule has 0 N–H and O–H groups in total. The minimum Gasteiger partial charge on any atom is -0.339 e. The Hall–Kier alpha value is -0.280. The first-order valence-corrected chi connectivity index (χ1v) is 6.29. The fraction of sp³-hybridized carbons (Fsp3) is 0.909. The summed E-state index contributed by atoms with van der Waals surface area (Å²) in [5.74, 6) is 0.0879. The van der Waals surface area contributed by atoms with Crippen LogP contribution in [0.15, 0.2) is 0 Å². The Kier molecular flexibility index (Phi) is 3.52. The number of piperazine rings is 1. The van der Waals surface area contributed by atoms with E-state index in [4.69, 9.17) is 11.6 Å². The predicted octanol–water partition coefficient (Wildman–Crippen LogP) is 1.31. The van der Waals surface area contributed by atoms with Crippen LogP contribution in [-0.2, 0) is 4.79 Å². The van der Waals surface area contributed by atoms with Crippen LogP contribution in [-0.4, -0.2) is 53.3 Å². The van der Waals surface area contributed by atoms with E-state index in [1.807, 2.05) is 4.90 Å². The number of amides is 1. The summed E-state index contributed by atoms with van der Waals surface area (Å²) in [5.41, 5.74) is 0. The summed E-state index contributed by atoms with van der Waals surface area (Å²) in [4.78, 5) is 16.0. The van der Waals surface area contributed by atoms with E-state index in [9.17, 15) is 4.79 Å². The molecule has 4 heteroatoms. The van der Waals surface area contributed by atoms with Crippen molar-refractivity contribution in [3.8, 4) is 0 Å². The Balaban J connectivity index is 1.78. The maximum atomic E-state index is 11.6. The molecule has 1 aliphatic heterocycles. The van der Waals surface area contributed by atoms with Crippen molar-refractivity contribution in [1.29, 1.82) is 0 Å². The van der Waals surface area contributed by atoms with Gasteiger partial charge < -0.3 is 4.90 Å². The zero-order valence-electron chi connectivity index (χ0n) is 9.29. The van der Waals surface area contributed by atoms with Gasteiger partial charge in [0.1, 0.15) is 5.38 Å². The molecule has 1 unspecified atom stereocenters. The molecule has 86 valence electrons. The third-order valence-corrected chi connectivity index (χ3v) is 3.74. The zero-order chi connectivity index (χ0) is 10.8. The molecule has 1 aliphatic carbocycles. The number of alkyl halides is 1. The molecule has 0 radical (unpaired) electrons. The van der Waals surface area contributed by atoms with E-state index in [1.165, 1.54) is 19.3 Å². The summed E-state index contributed by atoms with van der Waals surface area (Å²) >= 11 is 5.79. The van der Waals surface area contributed by atoms with Crippen LogP contribution in [0.5, 0.6) is 0 Å². The topological polar surface area (TPSA) is 23.6 Å². The van der Waals surface area contributed by atoms with E-state index in [0.29, 0.717) is 0 Å². The second-order valence-corrected chi connectivity index (χ2v) is 5.22. The van der Waals surface area contributed by atoms with E-state index >= 15 is 0 Å². The lowest BCUT2D eigenvalue weighted by molar-refractivity contribution is -0.132. The zero-order valence-corrected chi connectivity index (χ0v) is 10.0. The summed E-state index contributed by atoms with van der Waals surface area (Å²) in [6.07, 6.45) is 4.07. The molecule has 0 aromatic rings. The summed E-state index contributed by atoms with van der Waals surface area (Å²) in [5, 5.41) is -0.375. The first-order chi connectivity index (χ1) is 7.18. The van der Waals surface area contributed by atoms with Crippen LogP contribution < -0.4 is 0 Å². The summed E-state index contributed by atoms with van der Waals surface area (Å²) in [6, 6.07) is 0.802. The van der Waals surface area contributed by atoms with Crippen molar-refractivity contribution >= 4 is 17.5 Å². The Labute approximate surface area is 96.4 Å². The highest BCUT2D eigenvalue weighted by molar-refractivity contribution is 6.30. The molecule has 3 nitrogen and oxygen atoms in total. The Bertz CT molecular complexity index is 233. The van der Waals surface area contributed by atoms with Crippen molar-refractivity contribution in [2.45, 2.75) is 37.6 Å². The third-order valence-electron chi connectivity index (χ3n) is 3.56. The molecule has 1 saturated carbocycles. The second-order valence-electron chi connectivity index (χ2n) is 4.56. The average molecular weight is 231 g/mol. The van der Waals surface area contributed by atoms with Crippen molar-refractivity contribution in [3.05, 3.63) is 0 Å². The first-order valence-electron chi connectivity index (χ1n) is 5.85. The van der Waals surface area contributed by atoms with E-state index in [-0.39, 0.29) is 11.3 Å². The highest BCUT2D eigenvalue weighted by atomic mass is 35.5. The third kappa shape index (κ3) is 2.45. The average Bonchev–Trinajstić information content (AvgIpc) is 2.15. The molecule has 0 spiro atoms. The number of hydrogen-bond donors (Lipinski definition) is 0. The van der Waals surface area contributed by atoms with Gasteiger partial charge in [0.2, 0.25) is 5.91 Å². The minimum atomic E-state index is -0.375. The Morgan fingerprint density at radius 3 is 2.27 bits per heavy atom. The molecule has 0 aromatic heterocycles. The van der Waals surface area contributed by atoms with Crippen LogP contribution in [0.2, 0.25) is 0 Å². The number of carbonyl (C=O) groups is 1. The van der Waals surface area contributed by atoms with Crippen molar-refractivity contribution in [3.63, 3.8) is 0 Å². The number of nitrogens with zero attached hydrogens (tertiary/aromatic N) is 2. The van der Waals surface area contributed by atoms with Crippen LogP contribution in [0, 0.1) is 0 Å². The van der Waals surface area contributed by atoms with Gasteiger partial charge in [-0.15, -0.1) is 11.6 Å². The molecule has 0 aromatic carbocycles. The number of carbonyl (C=O) groups excluding carboxylic acids is 1. The van der Waals surface area contributed by atoms with Crippen LogP contribution in [0.3, 0.4) is 0 Å². The van der Waals surface area contributed by atoms with Gasteiger partial charge in [-0.1, -0.05) is 6.42 Å². The van der Waals surface area contributed by atoms with E-state index in [2.05, 4.69) is 4.90 Å². The van der Waals surface area contributed by atoms with Gasteiger partial charge in [-0.05, 0) is 19.8 Å². The van der Waals surface area contributed by atoms with Crippen molar-refractivity contribution in [2.24, 2.45) is 0 Å². The highest BCUT2D eigenvalue weighted by Crippen LogP contribution is 2.25. The standard InChI is InChI=1S/C11H19ClN2O/c1-9(12)11(15)14-7-5-13(6-8-14)10-3-2-4-10/h9-10H,2-8H2,1H3. The molecular weight excluding hydrogens is 212 g/mol. The van der Waals surface area contributed by atoms with Crippen LogP contribution >= 0.6 is 11.6 Å². The van der Waals surface area contributed by atoms with E-state index in [0.717, 1.165) is 32.2 Å². The van der Waals surface area contributed by atoms with Gasteiger partial charge >= 0.3 is 0 Å². The van der Waals surface area contributed by atoms with Gasteiger partial charge in [-0.3, -0.25) is 9.69 Å². The smallest absolute Gasteiger partial charge is 0.240 e. The maximum absolute atomic E-state index is 11.6. The number of rotatable bonds is 2. The van der Waals surface area contributed by atoms with Gasteiger partial charge in [0.05, 0.1) is 0 Å². The Morgan fingerprint density at radius 1 is 1.27 bits per heavy atom. The van der Waals surface area contributed by atoms with Gasteiger partial charge in [-0.2, -0.15) is 0 Å². The largest absolute Gasteiger partial charge is 0.339 e. The molecular formula is C11H19ClN2O. The molecule has 1 heterocycles. The summed E-state index contributed by atoms with van der Waals surface area (Å²) < 4.78 is 0. The number of hydrogen-bond acceptors (Lipinski definition) is 2. The fourth-order valence-corrected chi connectivity index (χ4v) is 2.45. The van der Waals surface area contributed by atoms with Crippen LogP contribution in [0.4, 0.5) is 0 Å². The molecule has 0 bridgehead atoms. The lowest BCUT2D eigenvalue weighted by Gasteiger charge is -2.43. The van der Waals surface area contributed by atoms with Crippen molar-refractivity contribution in [2.75, 3.05) is 26.2 Å². The monoisotopic (exact) mass is 230 g/mol. The summed E-state index contributed by atoms with van der Waals surface area (Å²) in [7, 11) is 0. The lowest BCUT2D eigenvalue weighted by Crippen LogP contribution is -2.54. The van der Waals surface area contributed by atoms with Crippen molar-refractivity contribution in [1.82, 2.24) is 9.80 Å². The Morgan fingerprint density at radius 2 is 1.87 bits per heavy atom. The van der Waals surface area contributed by atoms with Gasteiger partial charge in [0.15, 0.2) is 0 Å². The van der Waals surface area contributed by atoms with Gasteiger partial charge in [0.25, 0.3) is 0 Å². The second kappa shape index (κ2) is 4.71. The molecule has 1 atom stereocenters. The predicted molar refractivity (Wildman–Crippen MR) is 61.1 cm³/mol. The summed E-state index contributed by atoms with van der Waals surface area (Å²) in [6.45, 7) is 5.51. The molecule has 1 saturated heterocycles. The maximum Gasteiger partial charge on any atom is 0.240 e. The van der Waals surface area contributed by atoms with Crippen LogP contribution in [0.25, 0.3) is 0 Å². The van der Waals surface area contributed by atoms with Gasteiger partial charge in [0, 0.05) is 32.2 Å². The van der Waals surface area contributed by atoms with E-state index < -0.39 is 0 Å². The SMILES string of the molecule is CC(Cl)C(=O)N1CCN(C2CCC2)CC1. The molecule has 2 aliphatic rings. The molecule has 1 amide bonds. The minimum absolute atomic E-state index is 0.0879. The number of halogens is 1. The van der Waals surface area contributed by atoms with Crippen molar-refractivity contribution < 1.29 is 4.79 Å². The first kappa shape index (κ1) is 11.2. The van der Waals surface area contributed by atoms with E-state index in [1.54, 1.807) is 6.92 Å². The molecule has 2 fully saturated rings.